The largest absolute Gasteiger partial charge is 0.420 e. The summed E-state index contributed by atoms with van der Waals surface area (Å²) in [5.41, 5.74) is -1.24. The number of halogens is 4. The molecule has 5 aromatic rings. The zero-order valence-corrected chi connectivity index (χ0v) is 22.5. The number of nitrogens with zero attached hydrogens (tertiary/aromatic N) is 9. The number of benzene rings is 2. The molecule has 1 amide bonds. The van der Waals surface area contributed by atoms with Crippen molar-refractivity contribution < 1.29 is 22.7 Å². The van der Waals surface area contributed by atoms with Gasteiger partial charge in [0.05, 0.1) is 17.1 Å². The quantitative estimate of drug-likeness (QED) is 0.255. The van der Waals surface area contributed by atoms with Crippen molar-refractivity contribution in [2.75, 3.05) is 23.9 Å². The first-order chi connectivity index (χ1) is 19.5. The molecule has 0 saturated heterocycles. The zero-order chi connectivity index (χ0) is 29.3. The Hall–Kier alpha value is -4.85. The van der Waals surface area contributed by atoms with Crippen LogP contribution in [0.5, 0.6) is 5.75 Å². The average Bonchev–Trinajstić information content (AvgIpc) is 3.45. The Kier molecular flexibility index (Phi) is 7.41. The van der Waals surface area contributed by atoms with E-state index in [0.29, 0.717) is 11.6 Å². The van der Waals surface area contributed by atoms with Crippen molar-refractivity contribution in [3.8, 4) is 11.6 Å². The number of amides is 1. The van der Waals surface area contributed by atoms with Gasteiger partial charge in [-0.3, -0.25) is 4.90 Å². The maximum atomic E-state index is 13.7. The first-order valence-electron chi connectivity index (χ1n) is 12.0. The third-order valence-electron chi connectivity index (χ3n) is 6.27. The molecule has 0 bridgehead atoms. The van der Waals surface area contributed by atoms with E-state index in [4.69, 9.17) is 16.3 Å². The van der Waals surface area contributed by atoms with Gasteiger partial charge in [-0.25, -0.2) is 29.7 Å². The maximum Gasteiger partial charge on any atom is 0.420 e. The van der Waals surface area contributed by atoms with Gasteiger partial charge in [0.1, 0.15) is 36.4 Å². The molecule has 0 saturated carbocycles. The van der Waals surface area contributed by atoms with Crippen molar-refractivity contribution in [1.82, 2.24) is 34.7 Å². The van der Waals surface area contributed by atoms with Crippen LogP contribution in [0.25, 0.3) is 16.7 Å². The molecule has 0 aliphatic carbocycles. The molecule has 5 rings (SSSR count). The molecule has 2 aromatic carbocycles. The summed E-state index contributed by atoms with van der Waals surface area (Å²) in [6, 6.07) is 11.7. The van der Waals surface area contributed by atoms with Crippen molar-refractivity contribution in [2.45, 2.75) is 19.1 Å². The Morgan fingerprint density at radius 1 is 0.976 bits per heavy atom. The number of para-hydroxylation sites is 1. The van der Waals surface area contributed by atoms with E-state index in [-0.39, 0.29) is 33.4 Å². The van der Waals surface area contributed by atoms with Crippen LogP contribution in [0.4, 0.5) is 29.6 Å². The highest BCUT2D eigenvalue weighted by atomic mass is 35.5. The van der Waals surface area contributed by atoms with Crippen LogP contribution in [-0.2, 0) is 6.18 Å². The summed E-state index contributed by atoms with van der Waals surface area (Å²) in [6.07, 6.45) is -1.69. The molecule has 0 spiro atoms. The maximum absolute atomic E-state index is 13.7. The monoisotopic (exact) mass is 583 g/mol. The molecule has 1 atom stereocenters. The summed E-state index contributed by atoms with van der Waals surface area (Å²) in [5.74, 6) is 1.48. The fourth-order valence-corrected chi connectivity index (χ4v) is 4.29. The van der Waals surface area contributed by atoms with Gasteiger partial charge < -0.3 is 9.64 Å². The highest BCUT2D eigenvalue weighted by molar-refractivity contribution is 6.31. The fraction of sp³-hybridized carbons (Fsp3) is 0.192. The number of carbonyl (C=O) groups is 1. The third-order valence-corrected chi connectivity index (χ3v) is 6.49. The first-order valence-corrected chi connectivity index (χ1v) is 12.4. The van der Waals surface area contributed by atoms with Crippen LogP contribution in [0, 0.1) is 0 Å². The van der Waals surface area contributed by atoms with Crippen LogP contribution in [0.15, 0.2) is 67.5 Å². The lowest BCUT2D eigenvalue weighted by molar-refractivity contribution is -0.136. The van der Waals surface area contributed by atoms with Crippen LogP contribution in [0.2, 0.25) is 5.02 Å². The van der Waals surface area contributed by atoms with Crippen LogP contribution < -0.4 is 14.5 Å². The van der Waals surface area contributed by atoms with E-state index in [1.165, 1.54) is 41.4 Å². The highest BCUT2D eigenvalue weighted by Gasteiger charge is 2.35. The minimum atomic E-state index is -4.66. The number of hydrogen-bond acceptors (Lipinski definition) is 9. The Labute approximate surface area is 236 Å². The Bertz CT molecular complexity index is 1720. The number of ether oxygens (including phenoxy) is 1. The van der Waals surface area contributed by atoms with Crippen molar-refractivity contribution in [3.63, 3.8) is 0 Å². The number of fused-ring (bicyclic) bond motifs is 1. The van der Waals surface area contributed by atoms with Crippen molar-refractivity contribution >= 4 is 40.2 Å². The van der Waals surface area contributed by atoms with Gasteiger partial charge in [0.25, 0.3) is 0 Å². The molecule has 210 valence electrons. The Morgan fingerprint density at radius 2 is 1.71 bits per heavy atom. The summed E-state index contributed by atoms with van der Waals surface area (Å²) in [7, 11) is 3.15. The molecule has 0 unspecified atom stereocenters. The molecule has 0 fully saturated rings. The molecule has 0 aliphatic rings. The lowest BCUT2D eigenvalue weighted by atomic mass is 10.1. The molecule has 41 heavy (non-hydrogen) atoms. The van der Waals surface area contributed by atoms with Gasteiger partial charge in [0.2, 0.25) is 0 Å². The van der Waals surface area contributed by atoms with E-state index < -0.39 is 23.9 Å². The van der Waals surface area contributed by atoms with Crippen LogP contribution in [-0.4, -0.2) is 54.9 Å². The van der Waals surface area contributed by atoms with Gasteiger partial charge in [-0.05, 0) is 31.2 Å². The Balaban J connectivity index is 1.45. The molecule has 0 radical (unpaired) electrons. The van der Waals surface area contributed by atoms with Gasteiger partial charge in [0.15, 0.2) is 11.6 Å². The summed E-state index contributed by atoms with van der Waals surface area (Å²) >= 11 is 6.05. The number of alkyl halides is 3. The zero-order valence-electron chi connectivity index (χ0n) is 21.8. The fourth-order valence-electron chi connectivity index (χ4n) is 4.07. The molecule has 0 aliphatic heterocycles. The first kappa shape index (κ1) is 27.7. The second-order valence-corrected chi connectivity index (χ2v) is 9.27. The van der Waals surface area contributed by atoms with Gasteiger partial charge in [-0.1, -0.05) is 29.8 Å². The smallest absolute Gasteiger partial charge is 0.410 e. The SMILES string of the molecule is C[C@@H](c1ncnn1-c1cc(N(C)C(=O)Oc2ccccc2)ncn1)N(C)c1ncnc2c(C(F)(F)F)cc(Cl)cc12. The average molecular weight is 584 g/mol. The third kappa shape index (κ3) is 5.59. The van der Waals surface area contributed by atoms with Crippen LogP contribution >= 0.6 is 11.6 Å². The van der Waals surface area contributed by atoms with Gasteiger partial charge in [0, 0.05) is 30.6 Å². The van der Waals surface area contributed by atoms with Crippen molar-refractivity contribution in [2.24, 2.45) is 0 Å². The molecular formula is C26H21ClF3N9O2. The molecular weight excluding hydrogens is 563 g/mol. The van der Waals surface area contributed by atoms with Crippen LogP contribution in [0.3, 0.4) is 0 Å². The van der Waals surface area contributed by atoms with E-state index in [2.05, 4.69) is 30.0 Å². The van der Waals surface area contributed by atoms with E-state index in [0.717, 1.165) is 12.4 Å². The van der Waals surface area contributed by atoms with Gasteiger partial charge >= 0.3 is 12.3 Å². The highest BCUT2D eigenvalue weighted by Crippen LogP contribution is 2.39. The predicted octanol–water partition coefficient (Wildman–Crippen LogP) is 5.51. The standard InChI is InChI=1S/C26H21ClF3N9O2/c1-15(37(2)24-18-9-16(27)10-19(26(28,29)30)22(18)33-13-34-24)23-35-14-36-39(23)21-11-20(31-12-32-21)38(3)25(40)41-17-7-5-4-6-8-17/h4-15H,1-3H3/t15-/m0/s1. The van der Waals surface area contributed by atoms with E-state index >= 15 is 0 Å². The number of rotatable bonds is 6. The minimum absolute atomic E-state index is 0.103. The van der Waals surface area contributed by atoms with E-state index in [9.17, 15) is 18.0 Å². The normalized spacial score (nSPS) is 12.3. The lowest BCUT2D eigenvalue weighted by Crippen LogP contribution is -2.30. The molecule has 0 N–H and O–H groups in total. The molecule has 11 nitrogen and oxygen atoms in total. The lowest BCUT2D eigenvalue weighted by Gasteiger charge is -2.26. The summed E-state index contributed by atoms with van der Waals surface area (Å²) < 4.78 is 47.9. The molecule has 15 heteroatoms. The minimum Gasteiger partial charge on any atom is -0.410 e. The number of anilines is 2. The van der Waals surface area contributed by atoms with E-state index in [1.807, 2.05) is 0 Å². The topological polar surface area (TPSA) is 115 Å². The van der Waals surface area contributed by atoms with E-state index in [1.54, 1.807) is 49.2 Å². The van der Waals surface area contributed by atoms with Gasteiger partial charge in [-0.15, -0.1) is 0 Å². The number of aromatic nitrogens is 7. The van der Waals surface area contributed by atoms with Gasteiger partial charge in [-0.2, -0.15) is 23.0 Å². The number of carbonyl (C=O) groups excluding carboxylic acids is 1. The second kappa shape index (κ2) is 11.0. The summed E-state index contributed by atoms with van der Waals surface area (Å²) in [6.45, 7) is 1.77. The second-order valence-electron chi connectivity index (χ2n) is 8.84. The van der Waals surface area contributed by atoms with Crippen molar-refractivity contribution in [1.29, 1.82) is 0 Å². The van der Waals surface area contributed by atoms with Crippen LogP contribution in [0.1, 0.15) is 24.4 Å². The van der Waals surface area contributed by atoms with Crippen molar-refractivity contribution in [3.05, 3.63) is 83.9 Å². The number of hydrogen-bond donors (Lipinski definition) is 0. The summed E-state index contributed by atoms with van der Waals surface area (Å²) in [4.78, 5) is 36.4. The summed E-state index contributed by atoms with van der Waals surface area (Å²) in [5, 5.41) is 4.29. The predicted molar refractivity (Wildman–Crippen MR) is 144 cm³/mol. The Morgan fingerprint density at radius 3 is 2.44 bits per heavy atom. The molecule has 3 aromatic heterocycles. The molecule has 3 heterocycles.